The molecule has 2 aromatic heterocycles. The molecule has 41 heavy (non-hydrogen) atoms. The molecule has 0 spiro atoms. The van der Waals surface area contributed by atoms with E-state index in [9.17, 15) is 19.5 Å². The summed E-state index contributed by atoms with van der Waals surface area (Å²) in [5.74, 6) is 0.971. The third-order valence-corrected chi connectivity index (χ3v) is 7.99. The first-order valence-electron chi connectivity index (χ1n) is 13.2. The van der Waals surface area contributed by atoms with Gasteiger partial charge in [0, 0.05) is 11.4 Å². The van der Waals surface area contributed by atoms with E-state index in [-0.39, 0.29) is 30.9 Å². The van der Waals surface area contributed by atoms with Gasteiger partial charge in [-0.1, -0.05) is 19.1 Å². The van der Waals surface area contributed by atoms with Gasteiger partial charge in [-0.3, -0.25) is 14.3 Å². The first kappa shape index (κ1) is 29.6. The van der Waals surface area contributed by atoms with E-state index < -0.39 is 18.1 Å². The lowest BCUT2D eigenvalue weighted by atomic mass is 10.1. The average Bonchev–Trinajstić information content (AvgIpc) is 3.23. The quantitative estimate of drug-likeness (QED) is 0.253. The van der Waals surface area contributed by atoms with Gasteiger partial charge in [0.1, 0.15) is 40.6 Å². The molecule has 0 aliphatic carbocycles. The van der Waals surface area contributed by atoms with E-state index in [4.69, 9.17) is 14.2 Å². The molecule has 0 saturated carbocycles. The third-order valence-electron chi connectivity index (χ3n) is 6.89. The highest BCUT2D eigenvalue weighted by atomic mass is 32.1. The van der Waals surface area contributed by atoms with E-state index in [1.54, 1.807) is 60.0 Å². The Kier molecular flexibility index (Phi) is 9.28. The number of thiophene rings is 1. The van der Waals surface area contributed by atoms with Crippen LogP contribution >= 0.6 is 11.3 Å². The maximum Gasteiger partial charge on any atom is 0.416 e. The van der Waals surface area contributed by atoms with Crippen molar-refractivity contribution in [3.8, 4) is 17.2 Å². The van der Waals surface area contributed by atoms with Crippen molar-refractivity contribution in [2.45, 2.75) is 53.2 Å². The molecule has 1 amide bonds. The molecule has 10 nitrogen and oxygen atoms in total. The fraction of sp³-hybridized carbons (Fsp3) is 0.333. The maximum atomic E-state index is 13.1. The maximum absolute atomic E-state index is 13.1. The number of amides is 1. The first-order chi connectivity index (χ1) is 19.6. The zero-order chi connectivity index (χ0) is 29.7. The Morgan fingerprint density at radius 1 is 1.02 bits per heavy atom. The molecule has 0 aliphatic rings. The Morgan fingerprint density at radius 3 is 2.27 bits per heavy atom. The Labute approximate surface area is 241 Å². The third kappa shape index (κ3) is 6.68. The number of carbonyl (C=O) groups is 2. The lowest BCUT2D eigenvalue weighted by Crippen LogP contribution is -2.45. The molecule has 2 aromatic carbocycles. The predicted molar refractivity (Wildman–Crippen MR) is 156 cm³/mol. The molecule has 0 bridgehead atoms. The molecule has 0 saturated heterocycles. The summed E-state index contributed by atoms with van der Waals surface area (Å²) >= 11 is 1.52. The molecule has 0 fully saturated rings. The second-order valence-electron chi connectivity index (χ2n) is 9.51. The number of carboxylic acids is 1. The van der Waals surface area contributed by atoms with Crippen molar-refractivity contribution in [3.63, 3.8) is 0 Å². The molecule has 1 unspecified atom stereocenters. The summed E-state index contributed by atoms with van der Waals surface area (Å²) in [5.41, 5.74) is 1.59. The van der Waals surface area contributed by atoms with Gasteiger partial charge >= 0.3 is 12.1 Å². The number of benzene rings is 2. The number of methoxy groups -OCH3 is 1. The van der Waals surface area contributed by atoms with Crippen molar-refractivity contribution in [1.82, 2.24) is 14.5 Å². The monoisotopic (exact) mass is 579 g/mol. The Hall–Kier alpha value is -4.38. The molecule has 1 N–H and O–H groups in total. The van der Waals surface area contributed by atoms with E-state index in [0.29, 0.717) is 34.8 Å². The van der Waals surface area contributed by atoms with Crippen molar-refractivity contribution in [3.05, 3.63) is 80.7 Å². The van der Waals surface area contributed by atoms with Crippen LogP contribution in [0.1, 0.15) is 35.2 Å². The van der Waals surface area contributed by atoms with Gasteiger partial charge in [-0.05, 0) is 74.7 Å². The van der Waals surface area contributed by atoms with Gasteiger partial charge in [0.05, 0.1) is 19.0 Å². The van der Waals surface area contributed by atoms with Gasteiger partial charge in [0.25, 0.3) is 5.56 Å². The molecule has 4 aromatic rings. The summed E-state index contributed by atoms with van der Waals surface area (Å²) in [6.07, 6.45) is -0.565. The molecule has 0 aliphatic heterocycles. The molecule has 216 valence electrons. The topological polar surface area (TPSA) is 120 Å². The molecule has 0 radical (unpaired) electrons. The molecular formula is C30H33N3O7S. The highest BCUT2D eigenvalue weighted by Crippen LogP contribution is 2.26. The van der Waals surface area contributed by atoms with Gasteiger partial charge in [0.2, 0.25) is 0 Å². The average molecular weight is 580 g/mol. The number of carbonyl (C=O) groups excluding carboxylic acids is 1. The SMILES string of the molecule is CCC(C(=O)O)N(Cc1ccc(OCCn2c(C)nc3sc(C)c(C)c3c2=O)cc1)C(=O)Oc1ccc(OC)cc1. The zero-order valence-electron chi connectivity index (χ0n) is 23.7. The van der Waals surface area contributed by atoms with Crippen molar-refractivity contribution in [2.75, 3.05) is 13.7 Å². The highest BCUT2D eigenvalue weighted by Gasteiger charge is 2.30. The van der Waals surface area contributed by atoms with E-state index in [1.165, 1.54) is 23.3 Å². The Bertz CT molecular complexity index is 1590. The lowest BCUT2D eigenvalue weighted by molar-refractivity contribution is -0.142. The van der Waals surface area contributed by atoms with Crippen LogP contribution in [0, 0.1) is 20.8 Å². The van der Waals surface area contributed by atoms with Crippen molar-refractivity contribution < 1.29 is 28.9 Å². The van der Waals surface area contributed by atoms with Gasteiger partial charge in [-0.2, -0.15) is 0 Å². The minimum atomic E-state index is -1.12. The minimum absolute atomic E-state index is 0.0275. The fourth-order valence-corrected chi connectivity index (χ4v) is 5.53. The van der Waals surface area contributed by atoms with Gasteiger partial charge < -0.3 is 19.3 Å². The molecular weight excluding hydrogens is 546 g/mol. The van der Waals surface area contributed by atoms with Crippen molar-refractivity contribution >= 4 is 33.6 Å². The number of aromatic nitrogens is 2. The lowest BCUT2D eigenvalue weighted by Gasteiger charge is -2.27. The summed E-state index contributed by atoms with van der Waals surface area (Å²) in [5, 5.41) is 10.4. The molecule has 11 heteroatoms. The smallest absolute Gasteiger partial charge is 0.416 e. The van der Waals surface area contributed by atoms with E-state index in [1.807, 2.05) is 20.8 Å². The fourth-order valence-electron chi connectivity index (χ4n) is 4.47. The van der Waals surface area contributed by atoms with Crippen LogP contribution in [0.5, 0.6) is 17.2 Å². The number of hydrogen-bond donors (Lipinski definition) is 1. The van der Waals surface area contributed by atoms with Crippen molar-refractivity contribution in [2.24, 2.45) is 0 Å². The second-order valence-corrected chi connectivity index (χ2v) is 10.7. The van der Waals surface area contributed by atoms with Gasteiger partial charge in [-0.25, -0.2) is 14.6 Å². The predicted octanol–water partition coefficient (Wildman–Crippen LogP) is 5.34. The molecule has 2 heterocycles. The van der Waals surface area contributed by atoms with E-state index in [2.05, 4.69) is 4.98 Å². The van der Waals surface area contributed by atoms with Crippen LogP contribution in [-0.4, -0.2) is 51.4 Å². The summed E-state index contributed by atoms with van der Waals surface area (Å²) in [6, 6.07) is 12.4. The van der Waals surface area contributed by atoms with Gasteiger partial charge in [-0.15, -0.1) is 11.3 Å². The summed E-state index contributed by atoms with van der Waals surface area (Å²) in [7, 11) is 1.53. The zero-order valence-corrected chi connectivity index (χ0v) is 24.5. The van der Waals surface area contributed by atoms with Crippen LogP contribution in [0.25, 0.3) is 10.2 Å². The minimum Gasteiger partial charge on any atom is -0.497 e. The highest BCUT2D eigenvalue weighted by molar-refractivity contribution is 7.18. The number of carboxylic acid groups (broad SMARTS) is 1. The number of fused-ring (bicyclic) bond motifs is 1. The van der Waals surface area contributed by atoms with Crippen LogP contribution in [0.3, 0.4) is 0 Å². The largest absolute Gasteiger partial charge is 0.497 e. The Balaban J connectivity index is 1.43. The van der Waals surface area contributed by atoms with Crippen LogP contribution in [0.2, 0.25) is 0 Å². The summed E-state index contributed by atoms with van der Waals surface area (Å²) < 4.78 is 18.1. The normalized spacial score (nSPS) is 11.7. The standard InChI is InChI=1S/C30H33N3O7S/c1-6-25(29(35)36)33(30(37)40-24-13-11-22(38-5)12-14-24)17-21-7-9-23(10-8-21)39-16-15-32-20(4)31-27-26(28(32)34)18(2)19(3)41-27/h7-14,25H,6,15-17H2,1-5H3,(H,35,36). The van der Waals surface area contributed by atoms with E-state index >= 15 is 0 Å². The van der Waals surface area contributed by atoms with Crippen LogP contribution < -0.4 is 19.8 Å². The number of aliphatic carboxylic acids is 1. The number of aryl methyl sites for hydroxylation is 3. The number of ether oxygens (including phenoxy) is 3. The van der Waals surface area contributed by atoms with Gasteiger partial charge in [0.15, 0.2) is 0 Å². The second kappa shape index (κ2) is 12.9. The molecule has 4 rings (SSSR count). The Morgan fingerprint density at radius 2 is 1.66 bits per heavy atom. The number of rotatable bonds is 11. The first-order valence-corrected chi connectivity index (χ1v) is 14.0. The number of hydrogen-bond acceptors (Lipinski definition) is 8. The molecule has 1 atom stereocenters. The van der Waals surface area contributed by atoms with Crippen LogP contribution in [0.15, 0.2) is 53.3 Å². The van der Waals surface area contributed by atoms with Crippen molar-refractivity contribution in [1.29, 1.82) is 0 Å². The summed E-state index contributed by atoms with van der Waals surface area (Å²) in [6.45, 7) is 8.06. The number of nitrogens with zero attached hydrogens (tertiary/aromatic N) is 3. The van der Waals surface area contributed by atoms with E-state index in [0.717, 1.165) is 15.3 Å². The van der Waals surface area contributed by atoms with Crippen LogP contribution in [-0.2, 0) is 17.9 Å². The summed E-state index contributed by atoms with van der Waals surface area (Å²) in [4.78, 5) is 45.7. The van der Waals surface area contributed by atoms with Crippen LogP contribution in [0.4, 0.5) is 4.79 Å².